The maximum absolute atomic E-state index is 11.8. The lowest BCUT2D eigenvalue weighted by Gasteiger charge is -2.03. The van der Waals surface area contributed by atoms with Crippen molar-refractivity contribution in [3.63, 3.8) is 0 Å². The molecule has 16 heavy (non-hydrogen) atoms. The summed E-state index contributed by atoms with van der Waals surface area (Å²) in [4.78, 5) is 11.8. The number of nitrogens with zero attached hydrogens (tertiary/aromatic N) is 3. The maximum atomic E-state index is 11.8. The Kier molecular flexibility index (Phi) is 3.58. The van der Waals surface area contributed by atoms with Gasteiger partial charge in [0.1, 0.15) is 5.03 Å². The van der Waals surface area contributed by atoms with Gasteiger partial charge in [0.2, 0.25) is 0 Å². The van der Waals surface area contributed by atoms with E-state index in [9.17, 15) is 4.21 Å². The van der Waals surface area contributed by atoms with Crippen molar-refractivity contribution in [1.82, 2.24) is 15.0 Å². The summed E-state index contributed by atoms with van der Waals surface area (Å²) in [6, 6.07) is 3.45. The molecule has 7 heteroatoms. The Morgan fingerprint density at radius 3 is 2.69 bits per heavy atom. The summed E-state index contributed by atoms with van der Waals surface area (Å²) < 4.78 is 15.3. The van der Waals surface area contributed by atoms with E-state index < -0.39 is 11.0 Å². The van der Waals surface area contributed by atoms with Gasteiger partial charge in [-0.25, -0.2) is 14.2 Å². The minimum absolute atomic E-state index is 0.439. The normalized spacial score (nSPS) is 12.1. The number of hydrogen-bond donors (Lipinski definition) is 1. The van der Waals surface area contributed by atoms with Crippen LogP contribution in [0.4, 0.5) is 5.82 Å². The lowest BCUT2D eigenvalue weighted by atomic mass is 10.5. The molecule has 0 aliphatic rings. The van der Waals surface area contributed by atoms with Crippen LogP contribution in [-0.4, -0.2) is 19.2 Å². The van der Waals surface area contributed by atoms with E-state index in [-0.39, 0.29) is 0 Å². The number of rotatable bonds is 3. The quantitative estimate of drug-likeness (QED) is 0.938. The Morgan fingerprint density at radius 1 is 1.19 bits per heavy atom. The fourth-order valence-electron chi connectivity index (χ4n) is 0.971. The summed E-state index contributed by atoms with van der Waals surface area (Å²) in [6.07, 6.45) is 6.16. The first-order valence-electron chi connectivity index (χ1n) is 4.32. The van der Waals surface area contributed by atoms with Crippen LogP contribution < -0.4 is 4.72 Å². The minimum Gasteiger partial charge on any atom is -0.283 e. The highest BCUT2D eigenvalue weighted by atomic mass is 79.9. The van der Waals surface area contributed by atoms with Gasteiger partial charge in [-0.15, -0.1) is 0 Å². The van der Waals surface area contributed by atoms with Crippen LogP contribution in [0.15, 0.2) is 46.4 Å². The molecule has 0 saturated carbocycles. The van der Waals surface area contributed by atoms with Gasteiger partial charge >= 0.3 is 0 Å². The predicted molar refractivity (Wildman–Crippen MR) is 64.0 cm³/mol. The van der Waals surface area contributed by atoms with Crippen molar-refractivity contribution in [3.8, 4) is 0 Å². The third-order valence-electron chi connectivity index (χ3n) is 1.65. The number of hydrogen-bond acceptors (Lipinski definition) is 4. The molecule has 0 saturated heterocycles. The Bertz CT molecular complexity index is 491. The molecule has 0 spiro atoms. The highest BCUT2D eigenvalue weighted by molar-refractivity contribution is 9.10. The summed E-state index contributed by atoms with van der Waals surface area (Å²) in [5, 5.41) is 0.439. The van der Waals surface area contributed by atoms with Crippen molar-refractivity contribution in [1.29, 1.82) is 0 Å². The van der Waals surface area contributed by atoms with E-state index in [1.807, 2.05) is 0 Å². The van der Waals surface area contributed by atoms with Crippen molar-refractivity contribution in [2.75, 3.05) is 4.72 Å². The molecule has 0 aliphatic carbocycles. The van der Waals surface area contributed by atoms with Crippen LogP contribution in [0.3, 0.4) is 0 Å². The van der Waals surface area contributed by atoms with Gasteiger partial charge in [0, 0.05) is 23.1 Å². The molecule has 2 aromatic heterocycles. The van der Waals surface area contributed by atoms with Gasteiger partial charge in [0.05, 0.1) is 6.20 Å². The molecule has 0 aliphatic heterocycles. The predicted octanol–water partition coefficient (Wildman–Crippen LogP) is 1.77. The first-order valence-corrected chi connectivity index (χ1v) is 6.26. The van der Waals surface area contributed by atoms with Gasteiger partial charge in [-0.2, -0.15) is 0 Å². The minimum atomic E-state index is -1.43. The molecule has 0 fully saturated rings. The van der Waals surface area contributed by atoms with Crippen LogP contribution >= 0.6 is 15.9 Å². The summed E-state index contributed by atoms with van der Waals surface area (Å²) in [5.74, 6) is 0.450. The monoisotopic (exact) mass is 298 g/mol. The van der Waals surface area contributed by atoms with Crippen LogP contribution in [0.1, 0.15) is 0 Å². The highest BCUT2D eigenvalue weighted by Crippen LogP contribution is 2.11. The van der Waals surface area contributed by atoms with Crippen LogP contribution in [-0.2, 0) is 11.0 Å². The molecule has 2 rings (SSSR count). The second-order valence-corrected chi connectivity index (χ2v) is 4.85. The topological polar surface area (TPSA) is 67.8 Å². The largest absolute Gasteiger partial charge is 0.283 e. The molecule has 82 valence electrons. The smallest absolute Gasteiger partial charge is 0.170 e. The van der Waals surface area contributed by atoms with Crippen LogP contribution in [0.2, 0.25) is 0 Å². The molecular weight excluding hydrogens is 292 g/mol. The molecule has 5 nitrogen and oxygen atoms in total. The van der Waals surface area contributed by atoms with Crippen molar-refractivity contribution in [2.45, 2.75) is 5.03 Å². The number of nitrogens with one attached hydrogen (secondary N) is 1. The number of anilines is 1. The van der Waals surface area contributed by atoms with E-state index in [0.717, 1.165) is 4.47 Å². The van der Waals surface area contributed by atoms with Crippen molar-refractivity contribution < 1.29 is 4.21 Å². The van der Waals surface area contributed by atoms with Crippen LogP contribution in [0.25, 0.3) is 0 Å². The molecule has 0 amide bonds. The van der Waals surface area contributed by atoms with E-state index in [2.05, 4.69) is 35.6 Å². The van der Waals surface area contributed by atoms with E-state index in [1.54, 1.807) is 24.5 Å². The molecule has 0 bridgehead atoms. The summed E-state index contributed by atoms with van der Waals surface area (Å²) in [5.41, 5.74) is 0. The second-order valence-electron chi connectivity index (χ2n) is 2.78. The third kappa shape index (κ3) is 2.83. The van der Waals surface area contributed by atoms with Crippen molar-refractivity contribution in [3.05, 3.63) is 41.4 Å². The molecule has 2 heterocycles. The van der Waals surface area contributed by atoms with Gasteiger partial charge in [-0.1, -0.05) is 0 Å². The zero-order valence-corrected chi connectivity index (χ0v) is 10.4. The molecule has 1 atom stereocenters. The van der Waals surface area contributed by atoms with Gasteiger partial charge < -0.3 is 0 Å². The van der Waals surface area contributed by atoms with E-state index in [1.165, 1.54) is 12.4 Å². The molecule has 1 N–H and O–H groups in total. The van der Waals surface area contributed by atoms with Crippen molar-refractivity contribution >= 4 is 32.7 Å². The molecule has 2 aromatic rings. The van der Waals surface area contributed by atoms with Crippen LogP contribution in [0, 0.1) is 0 Å². The first-order chi connectivity index (χ1) is 7.75. The lowest BCUT2D eigenvalue weighted by molar-refractivity contribution is 0.683. The van der Waals surface area contributed by atoms with Crippen LogP contribution in [0.5, 0.6) is 0 Å². The van der Waals surface area contributed by atoms with Gasteiger partial charge in [0.25, 0.3) is 0 Å². The first kappa shape index (κ1) is 11.2. The fourth-order valence-corrected chi connectivity index (χ4v) is 1.95. The number of pyridine rings is 1. The van der Waals surface area contributed by atoms with Crippen molar-refractivity contribution in [2.24, 2.45) is 0 Å². The van der Waals surface area contributed by atoms with Gasteiger partial charge in [-0.3, -0.25) is 9.71 Å². The summed E-state index contributed by atoms with van der Waals surface area (Å²) in [7, 11) is -1.43. The maximum Gasteiger partial charge on any atom is 0.170 e. The second kappa shape index (κ2) is 5.13. The lowest BCUT2D eigenvalue weighted by Crippen LogP contribution is -2.07. The fraction of sp³-hybridized carbons (Fsp3) is 0. The zero-order valence-electron chi connectivity index (χ0n) is 8.00. The molecule has 1 unspecified atom stereocenters. The Hall–Kier alpha value is -1.34. The SMILES string of the molecule is O=S(Nc1cnccn1)c1ccc(Br)cn1. The molecule has 0 radical (unpaired) electrons. The third-order valence-corrected chi connectivity index (χ3v) is 3.14. The molecular formula is C9H7BrN4OS. The molecule has 0 aromatic carbocycles. The summed E-state index contributed by atoms with van der Waals surface area (Å²) in [6.45, 7) is 0. The Morgan fingerprint density at radius 2 is 2.06 bits per heavy atom. The average Bonchev–Trinajstić information content (AvgIpc) is 2.31. The highest BCUT2D eigenvalue weighted by Gasteiger charge is 2.05. The van der Waals surface area contributed by atoms with Gasteiger partial charge in [0.15, 0.2) is 16.8 Å². The Labute approximate surface area is 103 Å². The number of halogens is 1. The number of aromatic nitrogens is 3. The van der Waals surface area contributed by atoms with Gasteiger partial charge in [-0.05, 0) is 28.1 Å². The standard InChI is InChI=1S/C9H7BrN4OS/c10-7-1-2-9(13-5-7)16(15)14-8-6-11-3-4-12-8/h1-6H,(H,12,14). The van der Waals surface area contributed by atoms with E-state index in [4.69, 9.17) is 0 Å². The van der Waals surface area contributed by atoms with E-state index in [0.29, 0.717) is 10.8 Å². The average molecular weight is 299 g/mol. The Balaban J connectivity index is 2.12. The zero-order chi connectivity index (χ0) is 11.4. The van der Waals surface area contributed by atoms with E-state index >= 15 is 0 Å². The summed E-state index contributed by atoms with van der Waals surface area (Å²) >= 11 is 3.26.